The lowest BCUT2D eigenvalue weighted by Gasteiger charge is -2.10. The molecule has 0 amide bonds. The van der Waals surface area contributed by atoms with E-state index in [0.717, 1.165) is 24.5 Å². The maximum atomic E-state index is 6.23. The van der Waals surface area contributed by atoms with Crippen molar-refractivity contribution in [3.05, 3.63) is 40.9 Å². The van der Waals surface area contributed by atoms with Crippen LogP contribution in [0.1, 0.15) is 11.4 Å². The second kappa shape index (κ2) is 7.97. The quantitative estimate of drug-likeness (QED) is 0.753. The fourth-order valence-electron chi connectivity index (χ4n) is 1.77. The molecule has 0 aliphatic heterocycles. The van der Waals surface area contributed by atoms with Gasteiger partial charge in [0.1, 0.15) is 18.7 Å². The molecule has 1 aromatic heterocycles. The first-order valence-corrected chi connectivity index (χ1v) is 7.02. The summed E-state index contributed by atoms with van der Waals surface area (Å²) in [7, 11) is 3.50. The highest BCUT2D eigenvalue weighted by Gasteiger charge is 2.06. The molecule has 0 fully saturated rings. The molecule has 0 spiro atoms. The molecule has 1 heterocycles. The molecule has 0 saturated heterocycles. The average molecular weight is 311 g/mol. The maximum absolute atomic E-state index is 6.23. The van der Waals surface area contributed by atoms with Gasteiger partial charge in [0.15, 0.2) is 5.82 Å². The summed E-state index contributed by atoms with van der Waals surface area (Å²) in [5.74, 6) is 1.39. The molecular formula is C14H19ClN4O2. The van der Waals surface area contributed by atoms with E-state index in [2.05, 4.69) is 15.4 Å². The molecule has 1 N–H and O–H groups in total. The largest absolute Gasteiger partial charge is 0.484 e. The van der Waals surface area contributed by atoms with Crippen molar-refractivity contribution in [2.24, 2.45) is 7.05 Å². The number of aromatic nitrogens is 3. The molecule has 0 atom stereocenters. The fraction of sp³-hybridized carbons (Fsp3) is 0.429. The van der Waals surface area contributed by atoms with Gasteiger partial charge in [-0.05, 0) is 17.7 Å². The number of aryl methyl sites for hydroxylation is 1. The van der Waals surface area contributed by atoms with Crippen LogP contribution in [-0.4, -0.2) is 35.0 Å². The zero-order chi connectivity index (χ0) is 15.1. The van der Waals surface area contributed by atoms with Gasteiger partial charge in [-0.2, -0.15) is 5.10 Å². The van der Waals surface area contributed by atoms with Gasteiger partial charge in [-0.1, -0.05) is 17.7 Å². The van der Waals surface area contributed by atoms with Crippen LogP contribution in [0.2, 0.25) is 5.02 Å². The first-order chi connectivity index (χ1) is 10.2. The molecule has 1 aromatic carbocycles. The van der Waals surface area contributed by atoms with E-state index in [-0.39, 0.29) is 0 Å². The van der Waals surface area contributed by atoms with E-state index in [1.165, 1.54) is 6.33 Å². The van der Waals surface area contributed by atoms with Crippen molar-refractivity contribution in [1.82, 2.24) is 20.1 Å². The molecule has 2 aromatic rings. The minimum absolute atomic E-state index is 0.335. The van der Waals surface area contributed by atoms with E-state index in [4.69, 9.17) is 21.1 Å². The van der Waals surface area contributed by atoms with E-state index < -0.39 is 0 Å². The molecule has 0 aliphatic rings. The normalized spacial score (nSPS) is 10.8. The Balaban J connectivity index is 1.88. The summed E-state index contributed by atoms with van der Waals surface area (Å²) < 4.78 is 12.3. The van der Waals surface area contributed by atoms with Gasteiger partial charge in [-0.15, -0.1) is 0 Å². The second-order valence-electron chi connectivity index (χ2n) is 4.52. The molecule has 114 valence electrons. The van der Waals surface area contributed by atoms with Crippen LogP contribution in [0.5, 0.6) is 5.75 Å². The first kappa shape index (κ1) is 15.8. The van der Waals surface area contributed by atoms with Crippen molar-refractivity contribution >= 4 is 11.6 Å². The van der Waals surface area contributed by atoms with Crippen LogP contribution >= 0.6 is 11.6 Å². The summed E-state index contributed by atoms with van der Waals surface area (Å²) in [5.41, 5.74) is 1.10. The van der Waals surface area contributed by atoms with Crippen LogP contribution in [0.25, 0.3) is 0 Å². The molecule has 21 heavy (non-hydrogen) atoms. The van der Waals surface area contributed by atoms with Crippen LogP contribution in [0, 0.1) is 0 Å². The Kier molecular flexibility index (Phi) is 5.98. The highest BCUT2D eigenvalue weighted by molar-refractivity contribution is 6.32. The Morgan fingerprint density at radius 3 is 2.90 bits per heavy atom. The number of ether oxygens (including phenoxy) is 2. The third-order valence-corrected chi connectivity index (χ3v) is 3.27. The van der Waals surface area contributed by atoms with Crippen LogP contribution < -0.4 is 10.1 Å². The van der Waals surface area contributed by atoms with Crippen LogP contribution in [0.15, 0.2) is 24.5 Å². The number of benzene rings is 1. The van der Waals surface area contributed by atoms with Crippen molar-refractivity contribution in [3.8, 4) is 5.75 Å². The molecular weight excluding hydrogens is 292 g/mol. The molecule has 0 unspecified atom stereocenters. The highest BCUT2D eigenvalue weighted by Crippen LogP contribution is 2.26. The summed E-state index contributed by atoms with van der Waals surface area (Å²) in [4.78, 5) is 4.10. The van der Waals surface area contributed by atoms with Gasteiger partial charge in [-0.25, -0.2) is 4.98 Å². The predicted molar refractivity (Wildman–Crippen MR) is 80.4 cm³/mol. The third kappa shape index (κ3) is 4.70. The number of nitrogens with one attached hydrogen (secondary N) is 1. The zero-order valence-electron chi connectivity index (χ0n) is 12.2. The smallest absolute Gasteiger partial charge is 0.164 e. The summed E-state index contributed by atoms with van der Waals surface area (Å²) >= 11 is 6.23. The lowest BCUT2D eigenvalue weighted by atomic mass is 10.2. The Bertz CT molecular complexity index is 574. The number of nitrogens with zero attached hydrogens (tertiary/aromatic N) is 3. The van der Waals surface area contributed by atoms with Gasteiger partial charge in [0.25, 0.3) is 0 Å². The Morgan fingerprint density at radius 1 is 1.38 bits per heavy atom. The summed E-state index contributed by atoms with van der Waals surface area (Å²) in [6.07, 6.45) is 1.50. The van der Waals surface area contributed by atoms with Gasteiger partial charge in [-0.3, -0.25) is 4.68 Å². The predicted octanol–water partition coefficient (Wildman–Crippen LogP) is 1.78. The van der Waals surface area contributed by atoms with Gasteiger partial charge >= 0.3 is 0 Å². The highest BCUT2D eigenvalue weighted by atomic mass is 35.5. The third-order valence-electron chi connectivity index (χ3n) is 2.97. The van der Waals surface area contributed by atoms with E-state index in [0.29, 0.717) is 24.0 Å². The van der Waals surface area contributed by atoms with E-state index in [1.54, 1.807) is 11.8 Å². The maximum Gasteiger partial charge on any atom is 0.164 e. The molecule has 2 rings (SSSR count). The summed E-state index contributed by atoms with van der Waals surface area (Å²) in [6, 6.07) is 5.75. The van der Waals surface area contributed by atoms with Gasteiger partial charge in [0.2, 0.25) is 0 Å². The number of halogens is 1. The van der Waals surface area contributed by atoms with Crippen LogP contribution in [-0.2, 0) is 24.9 Å². The fourth-order valence-corrected chi connectivity index (χ4v) is 2.03. The number of hydrogen-bond acceptors (Lipinski definition) is 5. The topological polar surface area (TPSA) is 61.2 Å². The molecule has 0 bridgehead atoms. The van der Waals surface area contributed by atoms with E-state index >= 15 is 0 Å². The Morgan fingerprint density at radius 2 is 2.24 bits per heavy atom. The average Bonchev–Trinajstić information content (AvgIpc) is 2.88. The molecule has 0 aliphatic carbocycles. The monoisotopic (exact) mass is 310 g/mol. The van der Waals surface area contributed by atoms with Gasteiger partial charge < -0.3 is 14.8 Å². The molecule has 0 radical (unpaired) electrons. The van der Waals surface area contributed by atoms with Crippen molar-refractivity contribution in [2.45, 2.75) is 13.2 Å². The second-order valence-corrected chi connectivity index (χ2v) is 4.93. The molecule has 0 saturated carbocycles. The minimum Gasteiger partial charge on any atom is -0.484 e. The minimum atomic E-state index is 0.335. The van der Waals surface area contributed by atoms with Crippen molar-refractivity contribution in [3.63, 3.8) is 0 Å². The molecule has 6 nitrogen and oxygen atoms in total. The van der Waals surface area contributed by atoms with Crippen molar-refractivity contribution in [1.29, 1.82) is 0 Å². The van der Waals surface area contributed by atoms with Crippen LogP contribution in [0.4, 0.5) is 0 Å². The van der Waals surface area contributed by atoms with Gasteiger partial charge in [0.05, 0.1) is 11.6 Å². The SMILES string of the molecule is COCCNCc1ccc(OCc2ncnn2C)c(Cl)c1. The van der Waals surface area contributed by atoms with E-state index in [9.17, 15) is 0 Å². The summed E-state index contributed by atoms with van der Waals surface area (Å²) in [6.45, 7) is 2.57. The van der Waals surface area contributed by atoms with E-state index in [1.807, 2.05) is 25.2 Å². The van der Waals surface area contributed by atoms with Crippen molar-refractivity contribution in [2.75, 3.05) is 20.3 Å². The van der Waals surface area contributed by atoms with Crippen LogP contribution in [0.3, 0.4) is 0 Å². The molecule has 7 heteroatoms. The zero-order valence-corrected chi connectivity index (χ0v) is 12.9. The Labute approximate surface area is 129 Å². The Hall–Kier alpha value is -1.63. The lowest BCUT2D eigenvalue weighted by molar-refractivity contribution is 0.199. The standard InChI is InChI=1S/C14H19ClN4O2/c1-19-14(17-10-18-19)9-21-13-4-3-11(7-12(13)15)8-16-5-6-20-2/h3-4,7,10,16H,5-6,8-9H2,1-2H3. The number of methoxy groups -OCH3 is 1. The number of rotatable bonds is 8. The van der Waals surface area contributed by atoms with Gasteiger partial charge in [0, 0.05) is 27.2 Å². The lowest BCUT2D eigenvalue weighted by Crippen LogP contribution is -2.18. The summed E-state index contributed by atoms with van der Waals surface area (Å²) in [5, 5.41) is 7.84. The first-order valence-electron chi connectivity index (χ1n) is 6.64. The van der Waals surface area contributed by atoms with Crippen molar-refractivity contribution < 1.29 is 9.47 Å². The number of hydrogen-bond donors (Lipinski definition) is 1.